The lowest BCUT2D eigenvalue weighted by Gasteiger charge is -2.10. The molecule has 0 aliphatic rings. The Bertz CT molecular complexity index is 634. The van der Waals surface area contributed by atoms with Gasteiger partial charge in [-0.25, -0.2) is 4.79 Å². The van der Waals surface area contributed by atoms with Crippen molar-refractivity contribution in [2.45, 2.75) is 26.5 Å². The number of rotatable bonds is 6. The van der Waals surface area contributed by atoms with Crippen molar-refractivity contribution in [3.8, 4) is 11.5 Å². The van der Waals surface area contributed by atoms with Crippen LogP contribution in [0.15, 0.2) is 30.6 Å². The van der Waals surface area contributed by atoms with E-state index < -0.39 is 5.97 Å². The van der Waals surface area contributed by atoms with Gasteiger partial charge in [0.15, 0.2) is 5.75 Å². The third-order valence-corrected chi connectivity index (χ3v) is 3.03. The van der Waals surface area contributed by atoms with E-state index in [2.05, 4.69) is 5.10 Å². The van der Waals surface area contributed by atoms with Crippen molar-refractivity contribution in [1.82, 2.24) is 9.78 Å². The molecule has 0 atom stereocenters. The highest BCUT2D eigenvalue weighted by atomic mass is 16.5. The van der Waals surface area contributed by atoms with Crippen LogP contribution in [0.25, 0.3) is 0 Å². The van der Waals surface area contributed by atoms with Gasteiger partial charge in [-0.05, 0) is 32.0 Å². The molecule has 6 nitrogen and oxygen atoms in total. The maximum atomic E-state index is 11.0. The standard InChI is InChI=1S/C15H18N2O4/c1-10(2)17-8-13(7-16-17)21-9-12-6-11(15(18)19)4-5-14(12)20-3/h4-8,10H,9H2,1-3H3,(H,18,19). The van der Waals surface area contributed by atoms with Gasteiger partial charge < -0.3 is 14.6 Å². The Kier molecular flexibility index (Phi) is 4.47. The van der Waals surface area contributed by atoms with E-state index in [0.29, 0.717) is 17.1 Å². The Morgan fingerprint density at radius 2 is 2.19 bits per heavy atom. The van der Waals surface area contributed by atoms with Crippen LogP contribution in [0, 0.1) is 0 Å². The number of nitrogens with zero attached hydrogens (tertiary/aromatic N) is 2. The zero-order valence-electron chi connectivity index (χ0n) is 12.2. The third-order valence-electron chi connectivity index (χ3n) is 3.03. The quantitative estimate of drug-likeness (QED) is 0.885. The SMILES string of the molecule is COc1ccc(C(=O)O)cc1COc1cnn(C(C)C)c1. The summed E-state index contributed by atoms with van der Waals surface area (Å²) in [6, 6.07) is 4.93. The summed E-state index contributed by atoms with van der Waals surface area (Å²) in [5.41, 5.74) is 0.877. The number of aromatic nitrogens is 2. The minimum Gasteiger partial charge on any atom is -0.496 e. The Morgan fingerprint density at radius 3 is 2.76 bits per heavy atom. The Labute approximate surface area is 122 Å². The van der Waals surface area contributed by atoms with Gasteiger partial charge in [0.2, 0.25) is 0 Å². The summed E-state index contributed by atoms with van der Waals surface area (Å²) in [5.74, 6) is 0.245. The summed E-state index contributed by atoms with van der Waals surface area (Å²) in [6.45, 7) is 4.26. The van der Waals surface area contributed by atoms with Gasteiger partial charge in [0.05, 0.1) is 25.1 Å². The van der Waals surface area contributed by atoms with Crippen molar-refractivity contribution in [3.63, 3.8) is 0 Å². The van der Waals surface area contributed by atoms with Crippen molar-refractivity contribution in [3.05, 3.63) is 41.7 Å². The lowest BCUT2D eigenvalue weighted by molar-refractivity contribution is 0.0696. The molecule has 112 valence electrons. The Hall–Kier alpha value is -2.50. The fourth-order valence-corrected chi connectivity index (χ4v) is 1.86. The number of carbonyl (C=O) groups is 1. The fraction of sp³-hybridized carbons (Fsp3) is 0.333. The number of hydrogen-bond donors (Lipinski definition) is 1. The van der Waals surface area contributed by atoms with Crippen LogP contribution in [0.1, 0.15) is 35.8 Å². The van der Waals surface area contributed by atoms with E-state index in [-0.39, 0.29) is 18.2 Å². The zero-order valence-corrected chi connectivity index (χ0v) is 12.2. The van der Waals surface area contributed by atoms with Gasteiger partial charge in [-0.15, -0.1) is 0 Å². The van der Waals surface area contributed by atoms with Crippen molar-refractivity contribution in [2.24, 2.45) is 0 Å². The smallest absolute Gasteiger partial charge is 0.335 e. The van der Waals surface area contributed by atoms with Crippen molar-refractivity contribution in [1.29, 1.82) is 0 Å². The van der Waals surface area contributed by atoms with Gasteiger partial charge >= 0.3 is 5.97 Å². The van der Waals surface area contributed by atoms with E-state index >= 15 is 0 Å². The number of hydrogen-bond acceptors (Lipinski definition) is 4. The van der Waals surface area contributed by atoms with Crippen LogP contribution in [0.4, 0.5) is 0 Å². The van der Waals surface area contributed by atoms with Gasteiger partial charge in [0.25, 0.3) is 0 Å². The normalized spacial score (nSPS) is 10.7. The first-order valence-corrected chi connectivity index (χ1v) is 6.58. The molecule has 1 N–H and O–H groups in total. The topological polar surface area (TPSA) is 73.6 Å². The maximum absolute atomic E-state index is 11.0. The van der Waals surface area contributed by atoms with E-state index in [9.17, 15) is 4.79 Å². The van der Waals surface area contributed by atoms with E-state index in [1.165, 1.54) is 13.2 Å². The molecule has 0 aliphatic carbocycles. The van der Waals surface area contributed by atoms with Gasteiger partial charge in [-0.3, -0.25) is 4.68 Å². The Balaban J connectivity index is 2.14. The van der Waals surface area contributed by atoms with Gasteiger partial charge in [0.1, 0.15) is 12.4 Å². The average Bonchev–Trinajstić information content (AvgIpc) is 2.93. The van der Waals surface area contributed by atoms with Gasteiger partial charge in [0, 0.05) is 11.6 Å². The van der Waals surface area contributed by atoms with E-state index in [4.69, 9.17) is 14.6 Å². The largest absolute Gasteiger partial charge is 0.496 e. The molecular formula is C15H18N2O4. The van der Waals surface area contributed by atoms with Gasteiger partial charge in [-0.1, -0.05) is 0 Å². The van der Waals surface area contributed by atoms with E-state index in [0.717, 1.165) is 0 Å². The molecule has 0 saturated heterocycles. The molecule has 0 saturated carbocycles. The molecule has 2 aromatic rings. The molecule has 1 heterocycles. The molecule has 0 spiro atoms. The summed E-state index contributed by atoms with van der Waals surface area (Å²) in [6.07, 6.45) is 3.44. The minimum absolute atomic E-state index is 0.201. The third kappa shape index (κ3) is 3.53. The van der Waals surface area contributed by atoms with Crippen molar-refractivity contribution < 1.29 is 19.4 Å². The molecule has 2 rings (SSSR count). The molecule has 1 aromatic carbocycles. The predicted molar refractivity (Wildman–Crippen MR) is 76.9 cm³/mol. The fourth-order valence-electron chi connectivity index (χ4n) is 1.86. The summed E-state index contributed by atoms with van der Waals surface area (Å²) >= 11 is 0. The molecule has 0 bridgehead atoms. The summed E-state index contributed by atoms with van der Waals surface area (Å²) in [4.78, 5) is 11.0. The highest BCUT2D eigenvalue weighted by Crippen LogP contribution is 2.22. The predicted octanol–water partition coefficient (Wildman–Crippen LogP) is 2.75. The number of aromatic carboxylic acids is 1. The molecule has 0 aliphatic heterocycles. The lowest BCUT2D eigenvalue weighted by atomic mass is 10.1. The molecule has 0 radical (unpaired) electrons. The molecule has 1 aromatic heterocycles. The number of carboxylic acid groups (broad SMARTS) is 1. The lowest BCUT2D eigenvalue weighted by Crippen LogP contribution is -2.03. The highest BCUT2D eigenvalue weighted by Gasteiger charge is 2.10. The minimum atomic E-state index is -0.980. The number of ether oxygens (including phenoxy) is 2. The van der Waals surface area contributed by atoms with Crippen LogP contribution in [-0.2, 0) is 6.61 Å². The van der Waals surface area contributed by atoms with Gasteiger partial charge in [-0.2, -0.15) is 5.10 Å². The van der Waals surface area contributed by atoms with Crippen LogP contribution in [-0.4, -0.2) is 28.0 Å². The summed E-state index contributed by atoms with van der Waals surface area (Å²) in [7, 11) is 1.54. The van der Waals surface area contributed by atoms with E-state index in [1.807, 2.05) is 13.8 Å². The monoisotopic (exact) mass is 290 g/mol. The highest BCUT2D eigenvalue weighted by molar-refractivity contribution is 5.88. The second-order valence-corrected chi connectivity index (χ2v) is 4.87. The number of carboxylic acids is 1. The molecule has 6 heteroatoms. The first kappa shape index (κ1) is 14.9. The molecular weight excluding hydrogens is 272 g/mol. The molecule has 0 fully saturated rings. The molecule has 21 heavy (non-hydrogen) atoms. The maximum Gasteiger partial charge on any atom is 0.335 e. The zero-order chi connectivity index (χ0) is 15.4. The second-order valence-electron chi connectivity index (χ2n) is 4.87. The van der Waals surface area contributed by atoms with Crippen LogP contribution in [0.5, 0.6) is 11.5 Å². The second kappa shape index (κ2) is 6.30. The molecule has 0 unspecified atom stereocenters. The molecule has 0 amide bonds. The summed E-state index contributed by atoms with van der Waals surface area (Å²) < 4.78 is 12.7. The first-order valence-electron chi connectivity index (χ1n) is 6.58. The number of methoxy groups -OCH3 is 1. The van der Waals surface area contributed by atoms with Crippen molar-refractivity contribution >= 4 is 5.97 Å². The van der Waals surface area contributed by atoms with Crippen LogP contribution in [0.3, 0.4) is 0 Å². The number of benzene rings is 1. The van der Waals surface area contributed by atoms with Crippen molar-refractivity contribution in [2.75, 3.05) is 7.11 Å². The summed E-state index contributed by atoms with van der Waals surface area (Å²) in [5, 5.41) is 13.2. The first-order chi connectivity index (χ1) is 10.0. The Morgan fingerprint density at radius 1 is 1.43 bits per heavy atom. The van der Waals surface area contributed by atoms with Crippen LogP contribution < -0.4 is 9.47 Å². The van der Waals surface area contributed by atoms with Crippen LogP contribution >= 0.6 is 0 Å². The van der Waals surface area contributed by atoms with E-state index in [1.54, 1.807) is 29.2 Å². The average molecular weight is 290 g/mol. The van der Waals surface area contributed by atoms with Crippen LogP contribution in [0.2, 0.25) is 0 Å².